The van der Waals surface area contributed by atoms with Crippen molar-refractivity contribution < 1.29 is 14.1 Å². The maximum absolute atomic E-state index is 10.8. The second kappa shape index (κ2) is 5.01. The maximum Gasteiger partial charge on any atom is 0.153 e. The van der Waals surface area contributed by atoms with Crippen LogP contribution in [0, 0.1) is 6.92 Å². The van der Waals surface area contributed by atoms with Crippen LogP contribution < -0.4 is 4.74 Å². The molecule has 0 unspecified atom stereocenters. The first-order valence-corrected chi connectivity index (χ1v) is 5.36. The van der Waals surface area contributed by atoms with E-state index in [1.54, 1.807) is 31.2 Å². The molecule has 0 atom stereocenters. The number of carbonyl (C=O) groups excluding carboxylic acids is 1. The number of aromatic nitrogens is 1. The van der Waals surface area contributed by atoms with Crippen LogP contribution in [-0.4, -0.2) is 11.4 Å². The predicted octanol–water partition coefficient (Wildman–Crippen LogP) is 3.03. The Balaban J connectivity index is 2.11. The standard InChI is InChI=1S/C12H10ClNO3/c1-8-4-11(14-17-8)7-16-12-3-2-10(13)5-9(12)6-15/h2-6H,7H2,1H3. The van der Waals surface area contributed by atoms with E-state index in [9.17, 15) is 4.79 Å². The van der Waals surface area contributed by atoms with Crippen LogP contribution in [0.15, 0.2) is 28.8 Å². The van der Waals surface area contributed by atoms with Gasteiger partial charge in [0.15, 0.2) is 6.29 Å². The summed E-state index contributed by atoms with van der Waals surface area (Å²) >= 11 is 5.77. The van der Waals surface area contributed by atoms with Crippen molar-refractivity contribution in [2.45, 2.75) is 13.5 Å². The molecule has 0 radical (unpaired) electrons. The van der Waals surface area contributed by atoms with E-state index in [4.69, 9.17) is 20.9 Å². The van der Waals surface area contributed by atoms with Gasteiger partial charge in [0.05, 0.1) is 5.56 Å². The Kier molecular flexibility index (Phi) is 3.44. The lowest BCUT2D eigenvalue weighted by Gasteiger charge is -2.06. The van der Waals surface area contributed by atoms with Crippen molar-refractivity contribution in [2.24, 2.45) is 0 Å². The van der Waals surface area contributed by atoms with Gasteiger partial charge < -0.3 is 9.26 Å². The topological polar surface area (TPSA) is 52.3 Å². The molecule has 2 aromatic rings. The molecule has 0 aliphatic carbocycles. The molecule has 0 saturated heterocycles. The molecular formula is C12H10ClNO3. The third-order valence-electron chi connectivity index (χ3n) is 2.15. The number of halogens is 1. The molecule has 1 aromatic heterocycles. The average molecular weight is 252 g/mol. The minimum Gasteiger partial charge on any atom is -0.486 e. The average Bonchev–Trinajstić information content (AvgIpc) is 2.73. The molecule has 0 aliphatic heterocycles. The number of hydrogen-bond acceptors (Lipinski definition) is 4. The summed E-state index contributed by atoms with van der Waals surface area (Å²) in [6, 6.07) is 6.64. The highest BCUT2D eigenvalue weighted by Crippen LogP contribution is 2.22. The van der Waals surface area contributed by atoms with E-state index in [0.717, 1.165) is 5.76 Å². The van der Waals surface area contributed by atoms with Gasteiger partial charge in [-0.2, -0.15) is 0 Å². The summed E-state index contributed by atoms with van der Waals surface area (Å²) < 4.78 is 10.4. The molecule has 17 heavy (non-hydrogen) atoms. The van der Waals surface area contributed by atoms with Crippen molar-refractivity contribution in [3.05, 3.63) is 46.3 Å². The molecule has 0 spiro atoms. The monoisotopic (exact) mass is 251 g/mol. The summed E-state index contributed by atoms with van der Waals surface area (Å²) in [4.78, 5) is 10.8. The minimum atomic E-state index is 0.250. The summed E-state index contributed by atoms with van der Waals surface area (Å²) in [7, 11) is 0. The summed E-state index contributed by atoms with van der Waals surface area (Å²) in [5.74, 6) is 1.19. The number of ether oxygens (including phenoxy) is 1. The first kappa shape index (κ1) is 11.7. The Labute approximate surface area is 103 Å². The summed E-state index contributed by atoms with van der Waals surface area (Å²) in [5.41, 5.74) is 1.09. The first-order chi connectivity index (χ1) is 8.19. The fraction of sp³-hybridized carbons (Fsp3) is 0.167. The molecule has 0 aliphatic rings. The van der Waals surface area contributed by atoms with Gasteiger partial charge in [0, 0.05) is 11.1 Å². The number of hydrogen-bond donors (Lipinski definition) is 0. The summed E-state index contributed by atoms with van der Waals surface area (Å²) in [6.07, 6.45) is 0.704. The van der Waals surface area contributed by atoms with Crippen LogP contribution >= 0.6 is 11.6 Å². The van der Waals surface area contributed by atoms with E-state index in [-0.39, 0.29) is 6.61 Å². The highest BCUT2D eigenvalue weighted by atomic mass is 35.5. The van der Waals surface area contributed by atoms with Gasteiger partial charge in [0.1, 0.15) is 23.8 Å². The second-order valence-corrected chi connectivity index (χ2v) is 3.95. The number of rotatable bonds is 4. The number of aryl methyl sites for hydroxylation is 1. The molecule has 0 amide bonds. The van der Waals surface area contributed by atoms with Crippen molar-refractivity contribution in [1.29, 1.82) is 0 Å². The van der Waals surface area contributed by atoms with Crippen LogP contribution in [0.2, 0.25) is 5.02 Å². The highest BCUT2D eigenvalue weighted by molar-refractivity contribution is 6.30. The van der Waals surface area contributed by atoms with E-state index >= 15 is 0 Å². The summed E-state index contributed by atoms with van der Waals surface area (Å²) in [5, 5.41) is 4.29. The first-order valence-electron chi connectivity index (χ1n) is 4.99. The Bertz CT molecular complexity index is 536. The van der Waals surface area contributed by atoms with E-state index in [2.05, 4.69) is 5.16 Å². The van der Waals surface area contributed by atoms with Crippen LogP contribution in [0.25, 0.3) is 0 Å². The Morgan fingerprint density at radius 2 is 2.29 bits per heavy atom. The molecule has 0 bridgehead atoms. The van der Waals surface area contributed by atoms with Crippen molar-refractivity contribution in [3.8, 4) is 5.75 Å². The Hall–Kier alpha value is -1.81. The zero-order chi connectivity index (χ0) is 12.3. The van der Waals surface area contributed by atoms with Crippen LogP contribution in [0.5, 0.6) is 5.75 Å². The van der Waals surface area contributed by atoms with Crippen molar-refractivity contribution in [2.75, 3.05) is 0 Å². The number of aldehydes is 1. The van der Waals surface area contributed by atoms with Gasteiger partial charge in [0.2, 0.25) is 0 Å². The molecular weight excluding hydrogens is 242 g/mol. The molecule has 88 valence electrons. The number of carbonyl (C=O) groups is 1. The lowest BCUT2D eigenvalue weighted by Crippen LogP contribution is -1.98. The molecule has 0 saturated carbocycles. The molecule has 2 rings (SSSR count). The fourth-order valence-corrected chi connectivity index (χ4v) is 1.56. The van der Waals surface area contributed by atoms with E-state index in [0.29, 0.717) is 28.3 Å². The predicted molar refractivity (Wildman–Crippen MR) is 62.4 cm³/mol. The van der Waals surface area contributed by atoms with Gasteiger partial charge in [-0.3, -0.25) is 4.79 Å². The van der Waals surface area contributed by atoms with Crippen LogP contribution in [0.1, 0.15) is 21.8 Å². The number of benzene rings is 1. The van der Waals surface area contributed by atoms with Gasteiger partial charge in [0.25, 0.3) is 0 Å². The van der Waals surface area contributed by atoms with Gasteiger partial charge in [-0.15, -0.1) is 0 Å². The van der Waals surface area contributed by atoms with Crippen LogP contribution in [0.3, 0.4) is 0 Å². The maximum atomic E-state index is 10.8. The Morgan fingerprint density at radius 1 is 1.47 bits per heavy atom. The zero-order valence-corrected chi connectivity index (χ0v) is 9.90. The number of nitrogens with zero attached hydrogens (tertiary/aromatic N) is 1. The van der Waals surface area contributed by atoms with Gasteiger partial charge in [-0.1, -0.05) is 16.8 Å². The molecule has 1 aromatic carbocycles. The molecule has 0 N–H and O–H groups in total. The molecule has 5 heteroatoms. The van der Waals surface area contributed by atoms with Crippen molar-refractivity contribution in [1.82, 2.24) is 5.16 Å². The van der Waals surface area contributed by atoms with Crippen molar-refractivity contribution in [3.63, 3.8) is 0 Å². The van der Waals surface area contributed by atoms with Crippen LogP contribution in [-0.2, 0) is 6.61 Å². The van der Waals surface area contributed by atoms with E-state index in [1.165, 1.54) is 0 Å². The van der Waals surface area contributed by atoms with Gasteiger partial charge in [-0.25, -0.2) is 0 Å². The lowest BCUT2D eigenvalue weighted by molar-refractivity contribution is 0.111. The normalized spacial score (nSPS) is 10.2. The smallest absolute Gasteiger partial charge is 0.153 e. The van der Waals surface area contributed by atoms with Gasteiger partial charge in [-0.05, 0) is 25.1 Å². The lowest BCUT2D eigenvalue weighted by atomic mass is 10.2. The third kappa shape index (κ3) is 2.85. The zero-order valence-electron chi connectivity index (χ0n) is 9.14. The second-order valence-electron chi connectivity index (χ2n) is 3.52. The SMILES string of the molecule is Cc1cc(COc2ccc(Cl)cc2C=O)no1. The fourth-order valence-electron chi connectivity index (χ4n) is 1.38. The van der Waals surface area contributed by atoms with Crippen molar-refractivity contribution >= 4 is 17.9 Å². The minimum absolute atomic E-state index is 0.250. The largest absolute Gasteiger partial charge is 0.486 e. The molecule has 1 heterocycles. The van der Waals surface area contributed by atoms with E-state index < -0.39 is 0 Å². The highest BCUT2D eigenvalue weighted by Gasteiger charge is 2.06. The van der Waals surface area contributed by atoms with E-state index in [1.807, 2.05) is 0 Å². The third-order valence-corrected chi connectivity index (χ3v) is 2.39. The Morgan fingerprint density at radius 3 is 2.94 bits per heavy atom. The summed E-state index contributed by atoms with van der Waals surface area (Å²) in [6.45, 7) is 2.05. The molecule has 0 fully saturated rings. The van der Waals surface area contributed by atoms with Crippen LogP contribution in [0.4, 0.5) is 0 Å². The van der Waals surface area contributed by atoms with Gasteiger partial charge >= 0.3 is 0 Å². The quantitative estimate of drug-likeness (QED) is 0.784. The molecule has 4 nitrogen and oxygen atoms in total.